The molecule has 0 aliphatic carbocycles. The van der Waals surface area contributed by atoms with Crippen molar-refractivity contribution in [2.45, 2.75) is 31.9 Å². The first kappa shape index (κ1) is 10.5. The Hall–Kier alpha value is -0.610. The standard InChI is InChI=1S/C9H17NO3/c1-7-5-8(3-4-10(7)2)13-6-9(11)12/h7-8H,3-6H2,1-2H3,(H,11,12). The number of hydrogen-bond acceptors (Lipinski definition) is 3. The first-order chi connectivity index (χ1) is 6.09. The van der Waals surface area contributed by atoms with E-state index >= 15 is 0 Å². The zero-order valence-electron chi connectivity index (χ0n) is 8.19. The van der Waals surface area contributed by atoms with E-state index in [4.69, 9.17) is 9.84 Å². The van der Waals surface area contributed by atoms with Gasteiger partial charge in [-0.2, -0.15) is 0 Å². The van der Waals surface area contributed by atoms with Crippen LogP contribution in [0.5, 0.6) is 0 Å². The van der Waals surface area contributed by atoms with E-state index in [2.05, 4.69) is 18.9 Å². The number of hydrogen-bond donors (Lipinski definition) is 1. The van der Waals surface area contributed by atoms with Gasteiger partial charge in [-0.05, 0) is 26.8 Å². The quantitative estimate of drug-likeness (QED) is 0.701. The van der Waals surface area contributed by atoms with E-state index in [-0.39, 0.29) is 12.7 Å². The lowest BCUT2D eigenvalue weighted by Crippen LogP contribution is -2.41. The van der Waals surface area contributed by atoms with Gasteiger partial charge < -0.3 is 14.7 Å². The van der Waals surface area contributed by atoms with Crippen molar-refractivity contribution in [3.05, 3.63) is 0 Å². The number of carbonyl (C=O) groups is 1. The normalized spacial score (nSPS) is 30.3. The summed E-state index contributed by atoms with van der Waals surface area (Å²) in [5.74, 6) is -0.883. The first-order valence-electron chi connectivity index (χ1n) is 4.63. The van der Waals surface area contributed by atoms with Crippen LogP contribution in [0.1, 0.15) is 19.8 Å². The summed E-state index contributed by atoms with van der Waals surface area (Å²) in [6.07, 6.45) is 2.00. The van der Waals surface area contributed by atoms with E-state index in [1.807, 2.05) is 0 Å². The number of rotatable bonds is 3. The van der Waals surface area contributed by atoms with Crippen molar-refractivity contribution in [2.75, 3.05) is 20.2 Å². The second-order valence-electron chi connectivity index (χ2n) is 3.68. The Morgan fingerprint density at radius 1 is 1.69 bits per heavy atom. The van der Waals surface area contributed by atoms with Crippen molar-refractivity contribution < 1.29 is 14.6 Å². The van der Waals surface area contributed by atoms with Crippen LogP contribution in [0.25, 0.3) is 0 Å². The molecule has 2 unspecified atom stereocenters. The van der Waals surface area contributed by atoms with Crippen LogP contribution in [0.2, 0.25) is 0 Å². The highest BCUT2D eigenvalue weighted by Gasteiger charge is 2.23. The molecule has 1 heterocycles. The second-order valence-corrected chi connectivity index (χ2v) is 3.68. The molecule has 1 aliphatic rings. The predicted octanol–water partition coefficient (Wildman–Crippen LogP) is 0.570. The Bertz CT molecular complexity index is 184. The van der Waals surface area contributed by atoms with Crippen LogP contribution in [0.3, 0.4) is 0 Å². The van der Waals surface area contributed by atoms with Crippen LogP contribution in [0, 0.1) is 0 Å². The lowest BCUT2D eigenvalue weighted by atomic mass is 10.0. The SMILES string of the molecule is CC1CC(OCC(=O)O)CCN1C. The van der Waals surface area contributed by atoms with Crippen LogP contribution < -0.4 is 0 Å². The topological polar surface area (TPSA) is 49.8 Å². The number of carboxylic acids is 1. The molecule has 1 rings (SSSR count). The van der Waals surface area contributed by atoms with Gasteiger partial charge in [0.25, 0.3) is 0 Å². The molecule has 4 heteroatoms. The molecular weight excluding hydrogens is 170 g/mol. The number of aliphatic carboxylic acids is 1. The minimum absolute atomic E-state index is 0.127. The van der Waals surface area contributed by atoms with Crippen LogP contribution in [-0.4, -0.2) is 48.3 Å². The molecule has 0 amide bonds. The Balaban J connectivity index is 2.25. The number of piperidine rings is 1. The van der Waals surface area contributed by atoms with Gasteiger partial charge in [0, 0.05) is 12.6 Å². The van der Waals surface area contributed by atoms with E-state index in [0.717, 1.165) is 19.4 Å². The number of likely N-dealkylation sites (tertiary alicyclic amines) is 1. The maximum absolute atomic E-state index is 10.3. The van der Waals surface area contributed by atoms with Gasteiger partial charge in [0.05, 0.1) is 6.10 Å². The van der Waals surface area contributed by atoms with Crippen LogP contribution in [-0.2, 0) is 9.53 Å². The molecule has 1 saturated heterocycles. The summed E-state index contributed by atoms with van der Waals surface area (Å²) >= 11 is 0. The Morgan fingerprint density at radius 3 is 2.92 bits per heavy atom. The van der Waals surface area contributed by atoms with Gasteiger partial charge in [-0.1, -0.05) is 0 Å². The van der Waals surface area contributed by atoms with Gasteiger partial charge in [-0.3, -0.25) is 0 Å². The molecule has 1 fully saturated rings. The molecular formula is C9H17NO3. The molecule has 0 radical (unpaired) electrons. The molecule has 2 atom stereocenters. The van der Waals surface area contributed by atoms with Gasteiger partial charge in [-0.25, -0.2) is 4.79 Å². The van der Waals surface area contributed by atoms with E-state index in [9.17, 15) is 4.79 Å². The first-order valence-corrected chi connectivity index (χ1v) is 4.63. The van der Waals surface area contributed by atoms with Crippen LogP contribution in [0.15, 0.2) is 0 Å². The molecule has 13 heavy (non-hydrogen) atoms. The zero-order valence-corrected chi connectivity index (χ0v) is 8.19. The monoisotopic (exact) mass is 187 g/mol. The van der Waals surface area contributed by atoms with Crippen molar-refractivity contribution in [3.63, 3.8) is 0 Å². The van der Waals surface area contributed by atoms with Crippen molar-refractivity contribution in [2.24, 2.45) is 0 Å². The average molecular weight is 187 g/mol. The smallest absolute Gasteiger partial charge is 0.329 e. The molecule has 4 nitrogen and oxygen atoms in total. The predicted molar refractivity (Wildman–Crippen MR) is 48.7 cm³/mol. The molecule has 0 spiro atoms. The van der Waals surface area contributed by atoms with E-state index in [1.54, 1.807) is 0 Å². The zero-order chi connectivity index (χ0) is 9.84. The highest BCUT2D eigenvalue weighted by Crippen LogP contribution is 2.17. The Morgan fingerprint density at radius 2 is 2.38 bits per heavy atom. The van der Waals surface area contributed by atoms with Gasteiger partial charge >= 0.3 is 5.97 Å². The highest BCUT2D eigenvalue weighted by molar-refractivity contribution is 5.68. The van der Waals surface area contributed by atoms with E-state index in [0.29, 0.717) is 6.04 Å². The summed E-state index contributed by atoms with van der Waals surface area (Å²) in [6, 6.07) is 0.493. The third-order valence-electron chi connectivity index (χ3n) is 2.60. The van der Waals surface area contributed by atoms with Gasteiger partial charge in [-0.15, -0.1) is 0 Å². The fourth-order valence-corrected chi connectivity index (χ4v) is 1.59. The van der Waals surface area contributed by atoms with Gasteiger partial charge in [0.15, 0.2) is 0 Å². The molecule has 0 aromatic heterocycles. The molecule has 0 saturated carbocycles. The minimum atomic E-state index is -0.883. The number of carboxylic acid groups (broad SMARTS) is 1. The fourth-order valence-electron chi connectivity index (χ4n) is 1.59. The molecule has 76 valence electrons. The third kappa shape index (κ3) is 3.32. The van der Waals surface area contributed by atoms with Crippen LogP contribution in [0.4, 0.5) is 0 Å². The number of ether oxygens (including phenoxy) is 1. The summed E-state index contributed by atoms with van der Waals surface area (Å²) in [5.41, 5.74) is 0. The van der Waals surface area contributed by atoms with Gasteiger partial charge in [0.1, 0.15) is 6.61 Å². The lowest BCUT2D eigenvalue weighted by molar-refractivity contribution is -0.145. The van der Waals surface area contributed by atoms with E-state index < -0.39 is 5.97 Å². The average Bonchev–Trinajstić information content (AvgIpc) is 2.07. The summed E-state index contributed by atoms with van der Waals surface area (Å²) in [7, 11) is 2.08. The second kappa shape index (κ2) is 4.58. The van der Waals surface area contributed by atoms with Crippen molar-refractivity contribution in [1.29, 1.82) is 0 Å². The van der Waals surface area contributed by atoms with Crippen LogP contribution >= 0.6 is 0 Å². The summed E-state index contributed by atoms with van der Waals surface area (Å²) in [5, 5.41) is 8.43. The maximum Gasteiger partial charge on any atom is 0.329 e. The van der Waals surface area contributed by atoms with Crippen molar-refractivity contribution in [3.8, 4) is 0 Å². The summed E-state index contributed by atoms with van der Waals surface area (Å²) < 4.78 is 5.24. The van der Waals surface area contributed by atoms with Gasteiger partial charge in [0.2, 0.25) is 0 Å². The largest absolute Gasteiger partial charge is 0.480 e. The van der Waals surface area contributed by atoms with Crippen molar-refractivity contribution in [1.82, 2.24) is 4.90 Å². The minimum Gasteiger partial charge on any atom is -0.480 e. The Kier molecular flexibility index (Phi) is 3.69. The third-order valence-corrected chi connectivity index (χ3v) is 2.60. The number of nitrogens with zero attached hydrogens (tertiary/aromatic N) is 1. The van der Waals surface area contributed by atoms with Crippen molar-refractivity contribution >= 4 is 5.97 Å². The summed E-state index contributed by atoms with van der Waals surface area (Å²) in [4.78, 5) is 12.5. The molecule has 0 aromatic rings. The summed E-state index contributed by atoms with van der Waals surface area (Å²) in [6.45, 7) is 2.96. The maximum atomic E-state index is 10.3. The lowest BCUT2D eigenvalue weighted by Gasteiger charge is -2.34. The molecule has 0 bridgehead atoms. The fraction of sp³-hybridized carbons (Fsp3) is 0.889. The van der Waals surface area contributed by atoms with E-state index in [1.165, 1.54) is 0 Å². The molecule has 0 aromatic carbocycles. The molecule has 1 aliphatic heterocycles. The molecule has 1 N–H and O–H groups in total. The highest BCUT2D eigenvalue weighted by atomic mass is 16.5. The Labute approximate surface area is 78.5 Å².